The average molecular weight is 654 g/mol. The molecule has 0 unspecified atom stereocenters. The second-order valence-corrected chi connectivity index (χ2v) is 15.8. The van der Waals surface area contributed by atoms with Crippen molar-refractivity contribution in [3.05, 3.63) is 48.7 Å². The first-order valence-electron chi connectivity index (χ1n) is 16.5. The number of piperidine rings is 2. The van der Waals surface area contributed by atoms with E-state index in [0.29, 0.717) is 40.5 Å². The largest absolute Gasteiger partial charge is 0.494 e. The highest BCUT2D eigenvalue weighted by Crippen LogP contribution is 2.39. The Labute approximate surface area is 270 Å². The number of ether oxygens (including phenoxy) is 1. The average Bonchev–Trinajstić information content (AvgIpc) is 3.08. The monoisotopic (exact) mass is 653 g/mol. The van der Waals surface area contributed by atoms with Gasteiger partial charge in [0.15, 0.2) is 0 Å². The summed E-state index contributed by atoms with van der Waals surface area (Å²) in [7, 11) is -5.09. The van der Waals surface area contributed by atoms with Crippen molar-refractivity contribution in [3.63, 3.8) is 0 Å². The lowest BCUT2D eigenvalue weighted by Crippen LogP contribution is -2.55. The van der Waals surface area contributed by atoms with Gasteiger partial charge in [-0.3, -0.25) is 14.1 Å². The fourth-order valence-corrected chi connectivity index (χ4v) is 9.34. The van der Waals surface area contributed by atoms with Gasteiger partial charge in [-0.25, -0.2) is 8.42 Å². The number of hydrogen-bond donors (Lipinski definition) is 0. The van der Waals surface area contributed by atoms with E-state index in [4.69, 9.17) is 4.74 Å². The molecule has 9 nitrogen and oxygen atoms in total. The Hall–Kier alpha value is -2.57. The first kappa shape index (κ1) is 32.4. The summed E-state index contributed by atoms with van der Waals surface area (Å²) in [6.45, 7) is 14.3. The highest BCUT2D eigenvalue weighted by molar-refractivity contribution is 7.91. The van der Waals surface area contributed by atoms with Crippen LogP contribution in [0, 0.1) is 0 Å². The van der Waals surface area contributed by atoms with E-state index in [1.165, 1.54) is 45.2 Å². The zero-order valence-corrected chi connectivity index (χ0v) is 28.5. The van der Waals surface area contributed by atoms with Gasteiger partial charge in [0.25, 0.3) is 0 Å². The van der Waals surface area contributed by atoms with Gasteiger partial charge >= 0.3 is 0 Å². The van der Waals surface area contributed by atoms with Crippen molar-refractivity contribution in [1.82, 2.24) is 19.7 Å². The molecule has 3 aliphatic heterocycles. The Bertz CT molecular complexity index is 1590. The summed E-state index contributed by atoms with van der Waals surface area (Å²) in [5, 5.41) is 0.733. The minimum absolute atomic E-state index is 0.195. The van der Waals surface area contributed by atoms with E-state index in [2.05, 4.69) is 31.5 Å². The molecule has 3 aromatic rings. The van der Waals surface area contributed by atoms with Crippen LogP contribution in [0.1, 0.15) is 39.5 Å². The van der Waals surface area contributed by atoms with E-state index >= 15 is 0 Å². The van der Waals surface area contributed by atoms with E-state index < -0.39 is 20.6 Å². The third-order valence-electron chi connectivity index (χ3n) is 10.0. The van der Waals surface area contributed by atoms with Gasteiger partial charge in [0.1, 0.15) is 10.6 Å². The number of piperazine rings is 1. The van der Waals surface area contributed by atoms with Gasteiger partial charge < -0.3 is 19.4 Å². The fourth-order valence-electron chi connectivity index (χ4n) is 7.37. The van der Waals surface area contributed by atoms with Crippen molar-refractivity contribution < 1.29 is 17.4 Å². The molecule has 6 rings (SSSR count). The van der Waals surface area contributed by atoms with Crippen molar-refractivity contribution in [2.24, 2.45) is 0 Å². The van der Waals surface area contributed by atoms with E-state index in [9.17, 15) is 12.6 Å². The smallest absolute Gasteiger partial charge is 0.210 e. The fraction of sp³-hybridized carbons (Fsp3) is 0.559. The maximum Gasteiger partial charge on any atom is 0.210 e. The molecular formula is C34H47N5O4S2. The standard InChI is InChI=1S/C34H47N5O4S2/c1-4-36-20-22-38(23-21-36)27-12-16-37(17-13-27)26-14-18-39(19-15-26)34-31-24-29(44(3)40)8-11-32(31)35-25-33(34)45(41,42)30-9-6-28(7-10-30)43-5-2/h6-11,24-27H,4-5,12-23H2,1-3H3/t44-/m1/s1. The predicted molar refractivity (Wildman–Crippen MR) is 181 cm³/mol. The quantitative estimate of drug-likeness (QED) is 0.336. The molecule has 3 aliphatic rings. The summed E-state index contributed by atoms with van der Waals surface area (Å²) in [6.07, 6.45) is 7.56. The van der Waals surface area contributed by atoms with E-state index in [1.807, 2.05) is 25.1 Å². The van der Waals surface area contributed by atoms with Crippen molar-refractivity contribution in [2.45, 2.75) is 66.3 Å². The van der Waals surface area contributed by atoms with Crippen LogP contribution in [0.3, 0.4) is 0 Å². The lowest BCUT2D eigenvalue weighted by molar-refractivity contribution is 0.0449. The van der Waals surface area contributed by atoms with Gasteiger partial charge in [0, 0.05) is 84.9 Å². The van der Waals surface area contributed by atoms with Gasteiger partial charge in [0.05, 0.1) is 22.7 Å². The third-order valence-corrected chi connectivity index (χ3v) is 12.7. The number of aromatic nitrogens is 1. The normalized spacial score (nSPS) is 20.9. The minimum Gasteiger partial charge on any atom is -0.494 e. The number of anilines is 1. The van der Waals surface area contributed by atoms with E-state index in [1.54, 1.807) is 30.5 Å². The lowest BCUT2D eigenvalue weighted by Gasteiger charge is -2.46. The van der Waals surface area contributed by atoms with Crippen LogP contribution < -0.4 is 9.64 Å². The molecule has 1 atom stereocenters. The van der Waals surface area contributed by atoms with Crippen LogP contribution in [0.2, 0.25) is 0 Å². The molecule has 2 aromatic carbocycles. The van der Waals surface area contributed by atoms with Gasteiger partial charge in [-0.2, -0.15) is 0 Å². The molecule has 0 aliphatic carbocycles. The van der Waals surface area contributed by atoms with E-state index in [-0.39, 0.29) is 9.79 Å². The molecule has 0 N–H and O–H groups in total. The summed E-state index contributed by atoms with van der Waals surface area (Å²) < 4.78 is 46.3. The number of sulfone groups is 1. The summed E-state index contributed by atoms with van der Waals surface area (Å²) in [4.78, 5) is 15.8. The number of fused-ring (bicyclic) bond motifs is 1. The summed E-state index contributed by atoms with van der Waals surface area (Å²) >= 11 is 0. The first-order valence-corrected chi connectivity index (χ1v) is 19.5. The maximum absolute atomic E-state index is 14.2. The van der Waals surface area contributed by atoms with Crippen LogP contribution in [0.4, 0.5) is 5.69 Å². The van der Waals surface area contributed by atoms with Crippen molar-refractivity contribution in [2.75, 3.05) is 76.7 Å². The molecule has 0 amide bonds. The highest BCUT2D eigenvalue weighted by atomic mass is 32.2. The molecule has 1 aromatic heterocycles. The molecule has 0 radical (unpaired) electrons. The van der Waals surface area contributed by atoms with Crippen LogP contribution in [0.25, 0.3) is 10.9 Å². The highest BCUT2D eigenvalue weighted by Gasteiger charge is 2.34. The minimum atomic E-state index is -3.89. The molecule has 11 heteroatoms. The Kier molecular flexibility index (Phi) is 10.1. The van der Waals surface area contributed by atoms with Crippen LogP contribution >= 0.6 is 0 Å². The zero-order chi connectivity index (χ0) is 31.6. The number of likely N-dealkylation sites (tertiary alicyclic amines) is 1. The molecule has 0 spiro atoms. The molecule has 244 valence electrons. The molecule has 3 fully saturated rings. The Morgan fingerprint density at radius 1 is 0.844 bits per heavy atom. The van der Waals surface area contributed by atoms with Crippen LogP contribution in [0.5, 0.6) is 5.75 Å². The van der Waals surface area contributed by atoms with Crippen molar-refractivity contribution in [3.8, 4) is 5.75 Å². The Morgan fingerprint density at radius 2 is 1.47 bits per heavy atom. The van der Waals surface area contributed by atoms with Gasteiger partial charge in [-0.05, 0) is 94.7 Å². The zero-order valence-electron chi connectivity index (χ0n) is 26.9. The molecule has 0 bridgehead atoms. The topological polar surface area (TPSA) is 86.3 Å². The second-order valence-electron chi connectivity index (χ2n) is 12.5. The van der Waals surface area contributed by atoms with Crippen LogP contribution in [0.15, 0.2) is 63.3 Å². The number of benzene rings is 2. The first-order chi connectivity index (χ1) is 21.8. The summed E-state index contributed by atoms with van der Waals surface area (Å²) in [5.41, 5.74) is 1.37. The van der Waals surface area contributed by atoms with Gasteiger partial charge in [-0.1, -0.05) is 6.92 Å². The number of likely N-dealkylation sites (N-methyl/N-ethyl adjacent to an activating group) is 1. The molecule has 45 heavy (non-hydrogen) atoms. The number of hydrogen-bond acceptors (Lipinski definition) is 9. The molecular weight excluding hydrogens is 607 g/mol. The van der Waals surface area contributed by atoms with E-state index in [0.717, 1.165) is 51.0 Å². The second kappa shape index (κ2) is 14.0. The van der Waals surface area contributed by atoms with Crippen molar-refractivity contribution >= 4 is 37.2 Å². The third kappa shape index (κ3) is 6.93. The van der Waals surface area contributed by atoms with Crippen molar-refractivity contribution in [1.29, 1.82) is 0 Å². The predicted octanol–water partition coefficient (Wildman–Crippen LogP) is 4.27. The maximum atomic E-state index is 14.2. The SMILES string of the molecule is CCOc1ccc(S(=O)(=O)c2cnc3ccc([S@@](C)=O)cc3c2N2CCC(N3CCC(N4CCN(CC)CC4)CC3)CC2)cc1. The summed E-state index contributed by atoms with van der Waals surface area (Å²) in [6, 6.07) is 13.3. The van der Waals surface area contributed by atoms with Crippen LogP contribution in [-0.2, 0) is 20.6 Å². The lowest BCUT2D eigenvalue weighted by atomic mass is 9.96. The summed E-state index contributed by atoms with van der Waals surface area (Å²) in [5.74, 6) is 0.633. The molecule has 4 heterocycles. The number of rotatable bonds is 9. The molecule has 0 saturated carbocycles. The molecule has 3 saturated heterocycles. The number of pyridine rings is 1. The van der Waals surface area contributed by atoms with Gasteiger partial charge in [-0.15, -0.1) is 0 Å². The van der Waals surface area contributed by atoms with Crippen LogP contribution in [-0.4, -0.2) is 116 Å². The van der Waals surface area contributed by atoms with Gasteiger partial charge in [0.2, 0.25) is 9.84 Å². The Balaban J connectivity index is 1.22. The Morgan fingerprint density at radius 3 is 2.07 bits per heavy atom. The number of nitrogens with zero attached hydrogens (tertiary/aromatic N) is 5.